The molecule has 1 N–H and O–H groups in total. The Kier molecular flexibility index (Phi) is 4.79. The van der Waals surface area contributed by atoms with Gasteiger partial charge in [-0.05, 0) is 32.9 Å². The third-order valence-electron chi connectivity index (χ3n) is 3.53. The van der Waals surface area contributed by atoms with Crippen LogP contribution >= 0.6 is 23.4 Å². The minimum Gasteiger partial charge on any atom is -0.379 e. The minimum atomic E-state index is -0.222. The molecule has 1 aromatic heterocycles. The normalized spacial score (nSPS) is 23.0. The van der Waals surface area contributed by atoms with E-state index in [1.54, 1.807) is 6.20 Å². The van der Waals surface area contributed by atoms with Crippen molar-refractivity contribution >= 4 is 29.1 Å². The predicted molar refractivity (Wildman–Crippen MR) is 82.5 cm³/mol. The maximum Gasteiger partial charge on any atom is 0.287 e. The Hall–Kier alpha value is -0.680. The number of thioether (sulfide) groups is 1. The summed E-state index contributed by atoms with van der Waals surface area (Å²) in [6, 6.07) is 0.396. The second-order valence-corrected chi connectivity index (χ2v) is 6.63. The standard InChI is InChI=1S/C13H20ClN3OS/c1-8(2)17-13(18)12(14)10(7-15-17)16-9-5-4-6-11(9)19-3/h7-9,11,16H,4-6H2,1-3H3. The van der Waals surface area contributed by atoms with Crippen LogP contribution in [-0.4, -0.2) is 27.3 Å². The fourth-order valence-corrected chi connectivity index (χ4v) is 3.61. The van der Waals surface area contributed by atoms with E-state index in [0.717, 1.165) is 6.42 Å². The van der Waals surface area contributed by atoms with Gasteiger partial charge in [0.1, 0.15) is 5.02 Å². The van der Waals surface area contributed by atoms with Crippen LogP contribution in [0.15, 0.2) is 11.0 Å². The van der Waals surface area contributed by atoms with E-state index >= 15 is 0 Å². The molecule has 1 heterocycles. The summed E-state index contributed by atoms with van der Waals surface area (Å²) >= 11 is 8.04. The molecule has 0 saturated heterocycles. The largest absolute Gasteiger partial charge is 0.379 e. The second kappa shape index (κ2) is 6.18. The van der Waals surface area contributed by atoms with Crippen LogP contribution in [0.2, 0.25) is 5.02 Å². The summed E-state index contributed by atoms with van der Waals surface area (Å²) in [7, 11) is 0. The van der Waals surface area contributed by atoms with E-state index in [0.29, 0.717) is 17.0 Å². The van der Waals surface area contributed by atoms with E-state index in [2.05, 4.69) is 16.7 Å². The maximum atomic E-state index is 12.1. The molecule has 0 bridgehead atoms. The Morgan fingerprint density at radius 2 is 2.26 bits per heavy atom. The van der Waals surface area contributed by atoms with Crippen molar-refractivity contribution in [2.75, 3.05) is 11.6 Å². The number of aromatic nitrogens is 2. The van der Waals surface area contributed by atoms with Crippen LogP contribution in [0.3, 0.4) is 0 Å². The smallest absolute Gasteiger partial charge is 0.287 e. The van der Waals surface area contributed by atoms with Crippen LogP contribution in [0.25, 0.3) is 0 Å². The van der Waals surface area contributed by atoms with Gasteiger partial charge in [0.25, 0.3) is 5.56 Å². The number of halogens is 1. The van der Waals surface area contributed by atoms with Crippen molar-refractivity contribution in [3.63, 3.8) is 0 Å². The van der Waals surface area contributed by atoms with Crippen molar-refractivity contribution in [3.05, 3.63) is 21.6 Å². The van der Waals surface area contributed by atoms with Crippen LogP contribution in [0, 0.1) is 0 Å². The van der Waals surface area contributed by atoms with Gasteiger partial charge in [-0.3, -0.25) is 4.79 Å². The van der Waals surface area contributed by atoms with Gasteiger partial charge in [0.2, 0.25) is 0 Å². The van der Waals surface area contributed by atoms with E-state index in [1.165, 1.54) is 17.5 Å². The Labute approximate surface area is 122 Å². The molecule has 2 atom stereocenters. The third-order valence-corrected chi connectivity index (χ3v) is 5.06. The molecule has 1 aliphatic carbocycles. The lowest BCUT2D eigenvalue weighted by molar-refractivity contribution is 0.503. The Morgan fingerprint density at radius 1 is 1.53 bits per heavy atom. The predicted octanol–water partition coefficient (Wildman–Crippen LogP) is 3.17. The zero-order valence-electron chi connectivity index (χ0n) is 11.5. The maximum absolute atomic E-state index is 12.1. The molecule has 0 amide bonds. The van der Waals surface area contributed by atoms with Crippen molar-refractivity contribution in [2.45, 2.75) is 50.4 Å². The van der Waals surface area contributed by atoms with E-state index in [9.17, 15) is 4.79 Å². The highest BCUT2D eigenvalue weighted by molar-refractivity contribution is 7.99. The number of nitrogens with one attached hydrogen (secondary N) is 1. The SMILES string of the molecule is CSC1CCCC1Nc1cnn(C(C)C)c(=O)c1Cl. The summed E-state index contributed by atoms with van der Waals surface area (Å²) in [5.74, 6) is 0. The van der Waals surface area contributed by atoms with E-state index < -0.39 is 0 Å². The molecular formula is C13H20ClN3OS. The van der Waals surface area contributed by atoms with Crippen LogP contribution in [0.4, 0.5) is 5.69 Å². The molecule has 19 heavy (non-hydrogen) atoms. The molecule has 6 heteroatoms. The van der Waals surface area contributed by atoms with Crippen LogP contribution < -0.4 is 10.9 Å². The van der Waals surface area contributed by atoms with Crippen LogP contribution in [-0.2, 0) is 0 Å². The van der Waals surface area contributed by atoms with Gasteiger partial charge in [0.15, 0.2) is 0 Å². The topological polar surface area (TPSA) is 46.9 Å². The van der Waals surface area contributed by atoms with Gasteiger partial charge >= 0.3 is 0 Å². The number of rotatable bonds is 4. The van der Waals surface area contributed by atoms with Crippen molar-refractivity contribution in [1.29, 1.82) is 0 Å². The zero-order valence-corrected chi connectivity index (χ0v) is 13.1. The van der Waals surface area contributed by atoms with E-state index in [-0.39, 0.29) is 16.6 Å². The number of hydrogen-bond acceptors (Lipinski definition) is 4. The first-order valence-corrected chi connectivity index (χ1v) is 8.27. The van der Waals surface area contributed by atoms with Crippen molar-refractivity contribution in [1.82, 2.24) is 9.78 Å². The fraction of sp³-hybridized carbons (Fsp3) is 0.692. The molecular weight excluding hydrogens is 282 g/mol. The van der Waals surface area contributed by atoms with Gasteiger partial charge in [0, 0.05) is 11.3 Å². The van der Waals surface area contributed by atoms with Gasteiger partial charge in [0.05, 0.1) is 17.9 Å². The first-order chi connectivity index (χ1) is 9.04. The monoisotopic (exact) mass is 301 g/mol. The summed E-state index contributed by atoms with van der Waals surface area (Å²) in [5, 5.41) is 8.40. The molecule has 4 nitrogen and oxygen atoms in total. The molecule has 1 fully saturated rings. The lowest BCUT2D eigenvalue weighted by Crippen LogP contribution is -2.30. The number of nitrogens with zero attached hydrogens (tertiary/aromatic N) is 2. The molecule has 0 radical (unpaired) electrons. The molecule has 1 aliphatic rings. The molecule has 2 rings (SSSR count). The first-order valence-electron chi connectivity index (χ1n) is 6.61. The molecule has 0 aromatic carbocycles. The first kappa shape index (κ1) is 14.7. The van der Waals surface area contributed by atoms with Crippen LogP contribution in [0.5, 0.6) is 0 Å². The average molecular weight is 302 g/mol. The number of anilines is 1. The zero-order chi connectivity index (χ0) is 14.0. The summed E-state index contributed by atoms with van der Waals surface area (Å²) < 4.78 is 1.41. The Bertz CT molecular complexity index is 503. The lowest BCUT2D eigenvalue weighted by Gasteiger charge is -2.21. The van der Waals surface area contributed by atoms with Gasteiger partial charge in [-0.1, -0.05) is 18.0 Å². The highest BCUT2D eigenvalue weighted by atomic mass is 35.5. The third kappa shape index (κ3) is 3.08. The number of hydrogen-bond donors (Lipinski definition) is 1. The van der Waals surface area contributed by atoms with Gasteiger partial charge in [-0.15, -0.1) is 0 Å². The minimum absolute atomic E-state index is 0.0180. The molecule has 1 aromatic rings. The molecule has 0 spiro atoms. The molecule has 1 saturated carbocycles. The fourth-order valence-electron chi connectivity index (χ4n) is 2.49. The highest BCUT2D eigenvalue weighted by Crippen LogP contribution is 2.31. The molecule has 0 aliphatic heterocycles. The summed E-state index contributed by atoms with van der Waals surface area (Å²) in [5.41, 5.74) is 0.440. The summed E-state index contributed by atoms with van der Waals surface area (Å²) in [4.78, 5) is 12.1. The second-order valence-electron chi connectivity index (χ2n) is 5.17. The van der Waals surface area contributed by atoms with Crippen LogP contribution in [0.1, 0.15) is 39.2 Å². The van der Waals surface area contributed by atoms with E-state index in [1.807, 2.05) is 25.6 Å². The highest BCUT2D eigenvalue weighted by Gasteiger charge is 2.27. The Morgan fingerprint density at radius 3 is 2.89 bits per heavy atom. The van der Waals surface area contributed by atoms with Crippen molar-refractivity contribution in [3.8, 4) is 0 Å². The van der Waals surface area contributed by atoms with Crippen molar-refractivity contribution in [2.24, 2.45) is 0 Å². The van der Waals surface area contributed by atoms with Crippen molar-refractivity contribution < 1.29 is 0 Å². The van der Waals surface area contributed by atoms with Gasteiger partial charge < -0.3 is 5.32 Å². The molecule has 2 unspecified atom stereocenters. The average Bonchev–Trinajstić information content (AvgIpc) is 2.82. The van der Waals surface area contributed by atoms with Gasteiger partial charge in [-0.2, -0.15) is 16.9 Å². The summed E-state index contributed by atoms with van der Waals surface area (Å²) in [6.07, 6.45) is 7.35. The van der Waals surface area contributed by atoms with E-state index in [4.69, 9.17) is 11.6 Å². The van der Waals surface area contributed by atoms with Gasteiger partial charge in [-0.25, -0.2) is 4.68 Å². The lowest BCUT2D eigenvalue weighted by atomic mass is 10.2. The molecule has 106 valence electrons. The summed E-state index contributed by atoms with van der Waals surface area (Å²) in [6.45, 7) is 3.83. The Balaban J connectivity index is 2.22. The quantitative estimate of drug-likeness (QED) is 0.928.